The summed E-state index contributed by atoms with van der Waals surface area (Å²) in [6, 6.07) is 23.2. The zero-order chi connectivity index (χ0) is 20.8. The Kier molecular flexibility index (Phi) is 6.23. The zero-order valence-corrected chi connectivity index (χ0v) is 16.8. The molecule has 152 valence electrons. The minimum absolute atomic E-state index is 0.274. The van der Waals surface area contributed by atoms with Gasteiger partial charge in [0, 0.05) is 5.56 Å². The third-order valence-corrected chi connectivity index (χ3v) is 5.47. The molecular weight excluding hydrogens is 376 g/mol. The molecule has 4 nitrogen and oxygen atoms in total. The summed E-state index contributed by atoms with van der Waals surface area (Å²) < 4.78 is 11.5. The first-order chi connectivity index (χ1) is 14.7. The highest BCUT2D eigenvalue weighted by Crippen LogP contribution is 2.42. The van der Waals surface area contributed by atoms with Crippen LogP contribution >= 0.6 is 0 Å². The largest absolute Gasteiger partial charge is 0.419 e. The highest BCUT2D eigenvalue weighted by Gasteiger charge is 2.25. The fraction of sp³-hybridized carbons (Fsp3) is 0.231. The SMILES string of the molecule is O=C(Oc1cccc(C2CCCCC2)c1OC(=O)c1ccccc1)c1ccccc1. The van der Waals surface area contributed by atoms with Gasteiger partial charge in [-0.25, -0.2) is 9.59 Å². The molecule has 3 aromatic carbocycles. The van der Waals surface area contributed by atoms with Crippen molar-refractivity contribution in [2.75, 3.05) is 0 Å². The van der Waals surface area contributed by atoms with Crippen LogP contribution < -0.4 is 9.47 Å². The first-order valence-electron chi connectivity index (χ1n) is 10.4. The van der Waals surface area contributed by atoms with Crippen LogP contribution in [0.25, 0.3) is 0 Å². The van der Waals surface area contributed by atoms with Gasteiger partial charge in [0.2, 0.25) is 0 Å². The van der Waals surface area contributed by atoms with Gasteiger partial charge in [0.1, 0.15) is 0 Å². The molecule has 0 saturated heterocycles. The minimum Gasteiger partial charge on any atom is -0.419 e. The molecule has 3 aromatic rings. The van der Waals surface area contributed by atoms with Crippen LogP contribution in [0.1, 0.15) is 64.3 Å². The van der Waals surface area contributed by atoms with E-state index in [9.17, 15) is 9.59 Å². The van der Waals surface area contributed by atoms with Crippen LogP contribution in [0, 0.1) is 0 Å². The van der Waals surface area contributed by atoms with Crippen LogP contribution in [0.4, 0.5) is 0 Å². The van der Waals surface area contributed by atoms with Crippen molar-refractivity contribution >= 4 is 11.9 Å². The molecule has 0 amide bonds. The Labute approximate surface area is 176 Å². The minimum atomic E-state index is -0.478. The summed E-state index contributed by atoms with van der Waals surface area (Å²) in [6.07, 6.45) is 5.58. The van der Waals surface area contributed by atoms with Gasteiger partial charge in [-0.2, -0.15) is 0 Å². The lowest BCUT2D eigenvalue weighted by atomic mass is 9.83. The van der Waals surface area contributed by atoms with Crippen LogP contribution in [0.2, 0.25) is 0 Å². The summed E-state index contributed by atoms with van der Waals surface area (Å²) in [5.74, 6) is -0.0317. The van der Waals surface area contributed by atoms with E-state index in [1.165, 1.54) is 6.42 Å². The van der Waals surface area contributed by atoms with E-state index in [1.807, 2.05) is 24.3 Å². The average Bonchev–Trinajstić information content (AvgIpc) is 2.81. The summed E-state index contributed by atoms with van der Waals surface area (Å²) in [6.45, 7) is 0. The first-order valence-corrected chi connectivity index (χ1v) is 10.4. The normalized spacial score (nSPS) is 14.1. The predicted molar refractivity (Wildman–Crippen MR) is 115 cm³/mol. The number of rotatable bonds is 5. The van der Waals surface area contributed by atoms with Crippen molar-refractivity contribution in [3.05, 3.63) is 95.6 Å². The number of benzene rings is 3. The van der Waals surface area contributed by atoms with Crippen LogP contribution in [0.5, 0.6) is 11.5 Å². The van der Waals surface area contributed by atoms with E-state index in [-0.39, 0.29) is 11.7 Å². The Balaban J connectivity index is 1.68. The van der Waals surface area contributed by atoms with Crippen LogP contribution in [0.15, 0.2) is 78.9 Å². The first kappa shape index (κ1) is 19.9. The smallest absolute Gasteiger partial charge is 0.343 e. The lowest BCUT2D eigenvalue weighted by Crippen LogP contribution is -2.15. The molecule has 0 aromatic heterocycles. The molecule has 1 saturated carbocycles. The highest BCUT2D eigenvalue weighted by molar-refractivity contribution is 5.93. The molecule has 1 aliphatic rings. The van der Waals surface area contributed by atoms with E-state index in [0.29, 0.717) is 16.9 Å². The molecule has 1 fully saturated rings. The summed E-state index contributed by atoms with van der Waals surface area (Å²) in [4.78, 5) is 25.4. The van der Waals surface area contributed by atoms with Crippen molar-refractivity contribution in [1.29, 1.82) is 0 Å². The summed E-state index contributed by atoms with van der Waals surface area (Å²) in [5.41, 5.74) is 1.83. The van der Waals surface area contributed by atoms with Crippen molar-refractivity contribution in [2.24, 2.45) is 0 Å². The van der Waals surface area contributed by atoms with Crippen molar-refractivity contribution in [1.82, 2.24) is 0 Å². The van der Waals surface area contributed by atoms with Gasteiger partial charge in [-0.15, -0.1) is 0 Å². The van der Waals surface area contributed by atoms with Crippen LogP contribution in [-0.4, -0.2) is 11.9 Å². The molecule has 0 aliphatic heterocycles. The van der Waals surface area contributed by atoms with Crippen molar-refractivity contribution in [3.63, 3.8) is 0 Å². The molecule has 0 radical (unpaired) electrons. The highest BCUT2D eigenvalue weighted by atomic mass is 16.6. The standard InChI is InChI=1S/C26H24O4/c27-25(20-13-6-2-7-14-20)29-23-18-10-17-22(19-11-4-1-5-12-19)24(23)30-26(28)21-15-8-3-9-16-21/h2-3,6-10,13-19H,1,4-5,11-12H2. The number of hydrogen-bond acceptors (Lipinski definition) is 4. The summed E-state index contributed by atoms with van der Waals surface area (Å²) in [5, 5.41) is 0. The van der Waals surface area contributed by atoms with Gasteiger partial charge in [0.05, 0.1) is 11.1 Å². The van der Waals surface area contributed by atoms with E-state index < -0.39 is 11.9 Å². The van der Waals surface area contributed by atoms with Crippen LogP contribution in [0.3, 0.4) is 0 Å². The lowest BCUT2D eigenvalue weighted by molar-refractivity contribution is 0.0680. The molecule has 1 aliphatic carbocycles. The molecule has 4 heteroatoms. The van der Waals surface area contributed by atoms with Crippen molar-refractivity contribution < 1.29 is 19.1 Å². The Hall–Kier alpha value is -3.40. The number of ether oxygens (including phenoxy) is 2. The third-order valence-electron chi connectivity index (χ3n) is 5.47. The molecule has 0 N–H and O–H groups in total. The van der Waals surface area contributed by atoms with Gasteiger partial charge >= 0.3 is 11.9 Å². The fourth-order valence-corrected chi connectivity index (χ4v) is 3.92. The van der Waals surface area contributed by atoms with Gasteiger partial charge in [-0.05, 0) is 49.1 Å². The van der Waals surface area contributed by atoms with E-state index in [0.717, 1.165) is 31.2 Å². The van der Waals surface area contributed by atoms with E-state index >= 15 is 0 Å². The second-order valence-corrected chi connectivity index (χ2v) is 7.52. The van der Waals surface area contributed by atoms with Crippen LogP contribution in [-0.2, 0) is 0 Å². The van der Waals surface area contributed by atoms with E-state index in [2.05, 4.69) is 0 Å². The van der Waals surface area contributed by atoms with Crippen molar-refractivity contribution in [3.8, 4) is 11.5 Å². The maximum absolute atomic E-state index is 12.8. The topological polar surface area (TPSA) is 52.6 Å². The Bertz CT molecular complexity index is 1010. The molecule has 0 bridgehead atoms. The number of para-hydroxylation sites is 1. The molecule has 30 heavy (non-hydrogen) atoms. The monoisotopic (exact) mass is 400 g/mol. The number of hydrogen-bond donors (Lipinski definition) is 0. The molecular formula is C26H24O4. The van der Waals surface area contributed by atoms with Gasteiger partial charge < -0.3 is 9.47 Å². The molecule has 0 heterocycles. The van der Waals surface area contributed by atoms with Gasteiger partial charge in [-0.1, -0.05) is 67.8 Å². The Morgan fingerprint density at radius 2 is 1.20 bits per heavy atom. The lowest BCUT2D eigenvalue weighted by Gasteiger charge is -2.25. The molecule has 0 unspecified atom stereocenters. The predicted octanol–water partition coefficient (Wildman–Crippen LogP) is 6.17. The number of esters is 2. The maximum Gasteiger partial charge on any atom is 0.343 e. The Morgan fingerprint density at radius 3 is 1.80 bits per heavy atom. The van der Waals surface area contributed by atoms with E-state index in [1.54, 1.807) is 54.6 Å². The zero-order valence-electron chi connectivity index (χ0n) is 16.8. The third kappa shape index (κ3) is 4.60. The van der Waals surface area contributed by atoms with Gasteiger partial charge in [0.25, 0.3) is 0 Å². The summed E-state index contributed by atoms with van der Waals surface area (Å²) in [7, 11) is 0. The Morgan fingerprint density at radius 1 is 0.633 bits per heavy atom. The second kappa shape index (κ2) is 9.40. The average molecular weight is 400 g/mol. The van der Waals surface area contributed by atoms with Gasteiger partial charge in [-0.3, -0.25) is 0 Å². The van der Waals surface area contributed by atoms with E-state index in [4.69, 9.17) is 9.47 Å². The molecule has 4 rings (SSSR count). The van der Waals surface area contributed by atoms with Crippen molar-refractivity contribution in [2.45, 2.75) is 38.0 Å². The molecule has 0 atom stereocenters. The van der Waals surface area contributed by atoms with Gasteiger partial charge in [0.15, 0.2) is 11.5 Å². The quantitative estimate of drug-likeness (QED) is 0.379. The fourth-order valence-electron chi connectivity index (χ4n) is 3.92. The number of carbonyl (C=O) groups excluding carboxylic acids is 2. The summed E-state index contributed by atoms with van der Waals surface area (Å²) >= 11 is 0. The molecule has 0 spiro atoms. The number of carbonyl (C=O) groups is 2. The maximum atomic E-state index is 12.8. The second-order valence-electron chi connectivity index (χ2n) is 7.52.